The quantitative estimate of drug-likeness (QED) is 0.387. The van der Waals surface area contributed by atoms with Crippen molar-refractivity contribution in [1.82, 2.24) is 0 Å². The van der Waals surface area contributed by atoms with E-state index in [1.165, 1.54) is 24.5 Å². The summed E-state index contributed by atoms with van der Waals surface area (Å²) in [5.41, 5.74) is 0. The Morgan fingerprint density at radius 1 is 1.50 bits per heavy atom. The van der Waals surface area contributed by atoms with Crippen molar-refractivity contribution in [3.63, 3.8) is 0 Å². The highest BCUT2D eigenvalue weighted by molar-refractivity contribution is 6.46. The van der Waals surface area contributed by atoms with Crippen LogP contribution in [0.5, 0.6) is 0 Å². The van der Waals surface area contributed by atoms with Gasteiger partial charge in [-0.05, 0) is 25.1 Å². The van der Waals surface area contributed by atoms with Gasteiger partial charge in [-0.15, -0.1) is 0 Å². The number of rotatable bonds is 3. The summed E-state index contributed by atoms with van der Waals surface area (Å²) in [7, 11) is 0. The molecule has 0 aromatic carbocycles. The largest absolute Gasteiger partial charge is 0.461 e. The van der Waals surface area contributed by atoms with Gasteiger partial charge in [0, 0.05) is 0 Å². The van der Waals surface area contributed by atoms with Crippen molar-refractivity contribution in [2.24, 2.45) is 0 Å². The van der Waals surface area contributed by atoms with Gasteiger partial charge in [0.05, 0.1) is 6.26 Å². The maximum absolute atomic E-state index is 11.1. The van der Waals surface area contributed by atoms with E-state index in [4.69, 9.17) is 4.42 Å². The third-order valence-electron chi connectivity index (χ3n) is 1.29. The summed E-state index contributed by atoms with van der Waals surface area (Å²) in [4.78, 5) is 22.0. The van der Waals surface area contributed by atoms with Crippen molar-refractivity contribution in [3.05, 3.63) is 36.3 Å². The van der Waals surface area contributed by atoms with Gasteiger partial charge in [0.25, 0.3) is 5.78 Å². The van der Waals surface area contributed by atoms with Gasteiger partial charge >= 0.3 is 0 Å². The van der Waals surface area contributed by atoms with Crippen LogP contribution in [-0.4, -0.2) is 11.6 Å². The molecule has 0 bridgehead atoms. The summed E-state index contributed by atoms with van der Waals surface area (Å²) in [6, 6.07) is 3.03. The minimum Gasteiger partial charge on any atom is -0.461 e. The zero-order chi connectivity index (χ0) is 8.97. The number of hydrogen-bond acceptors (Lipinski definition) is 3. The second kappa shape index (κ2) is 3.67. The molecule has 0 saturated heterocycles. The van der Waals surface area contributed by atoms with Crippen LogP contribution in [0.2, 0.25) is 0 Å². The summed E-state index contributed by atoms with van der Waals surface area (Å²) < 4.78 is 4.76. The van der Waals surface area contributed by atoms with Crippen LogP contribution >= 0.6 is 0 Å². The van der Waals surface area contributed by atoms with E-state index in [1.54, 1.807) is 13.0 Å². The Morgan fingerprint density at radius 2 is 2.25 bits per heavy atom. The number of allylic oxidation sites excluding steroid dienone is 2. The Bertz CT molecular complexity index is 307. The van der Waals surface area contributed by atoms with Crippen molar-refractivity contribution in [2.75, 3.05) is 0 Å². The van der Waals surface area contributed by atoms with Gasteiger partial charge in [0.1, 0.15) is 0 Å². The molecule has 0 spiro atoms. The predicted molar refractivity (Wildman–Crippen MR) is 42.9 cm³/mol. The van der Waals surface area contributed by atoms with Gasteiger partial charge in [-0.25, -0.2) is 0 Å². The van der Waals surface area contributed by atoms with Crippen molar-refractivity contribution < 1.29 is 14.0 Å². The fraction of sp³-hybridized carbons (Fsp3) is 0.111. The first-order valence-electron chi connectivity index (χ1n) is 3.50. The molecule has 0 amide bonds. The Kier molecular flexibility index (Phi) is 2.58. The SMILES string of the molecule is C/C=C/C(=O)C(=O)c1ccco1. The van der Waals surface area contributed by atoms with Gasteiger partial charge in [-0.1, -0.05) is 6.08 Å². The zero-order valence-corrected chi connectivity index (χ0v) is 6.61. The monoisotopic (exact) mass is 164 g/mol. The van der Waals surface area contributed by atoms with E-state index < -0.39 is 11.6 Å². The number of furan rings is 1. The number of carbonyl (C=O) groups is 2. The average Bonchev–Trinajstić information content (AvgIpc) is 2.55. The van der Waals surface area contributed by atoms with Gasteiger partial charge < -0.3 is 4.42 Å². The number of hydrogen-bond donors (Lipinski definition) is 0. The third-order valence-corrected chi connectivity index (χ3v) is 1.29. The van der Waals surface area contributed by atoms with Crippen LogP contribution < -0.4 is 0 Å². The zero-order valence-electron chi connectivity index (χ0n) is 6.61. The molecule has 0 saturated carbocycles. The minimum absolute atomic E-state index is 0.0816. The first-order valence-corrected chi connectivity index (χ1v) is 3.50. The Morgan fingerprint density at radius 3 is 2.75 bits per heavy atom. The summed E-state index contributed by atoms with van der Waals surface area (Å²) in [5, 5.41) is 0. The van der Waals surface area contributed by atoms with E-state index >= 15 is 0 Å². The summed E-state index contributed by atoms with van der Waals surface area (Å²) >= 11 is 0. The fourth-order valence-corrected chi connectivity index (χ4v) is 0.756. The number of carbonyl (C=O) groups excluding carboxylic acids is 2. The molecular formula is C9H8O3. The molecule has 3 heteroatoms. The van der Waals surface area contributed by atoms with Crippen LogP contribution in [0.4, 0.5) is 0 Å². The van der Waals surface area contributed by atoms with Crippen LogP contribution in [-0.2, 0) is 4.79 Å². The molecule has 1 aromatic rings. The van der Waals surface area contributed by atoms with Crippen molar-refractivity contribution in [2.45, 2.75) is 6.92 Å². The normalized spacial score (nSPS) is 10.4. The predicted octanol–water partition coefficient (Wildman–Crippen LogP) is 1.61. The molecular weight excluding hydrogens is 156 g/mol. The molecule has 12 heavy (non-hydrogen) atoms. The molecule has 1 aromatic heterocycles. The molecule has 3 nitrogen and oxygen atoms in total. The molecule has 0 aliphatic rings. The topological polar surface area (TPSA) is 47.3 Å². The lowest BCUT2D eigenvalue weighted by atomic mass is 10.2. The summed E-state index contributed by atoms with van der Waals surface area (Å²) in [6.45, 7) is 1.67. The van der Waals surface area contributed by atoms with E-state index in [0.29, 0.717) is 0 Å². The smallest absolute Gasteiger partial charge is 0.267 e. The van der Waals surface area contributed by atoms with Crippen molar-refractivity contribution in [1.29, 1.82) is 0 Å². The van der Waals surface area contributed by atoms with E-state index in [-0.39, 0.29) is 5.76 Å². The summed E-state index contributed by atoms with van der Waals surface area (Å²) in [5.74, 6) is -1.09. The van der Waals surface area contributed by atoms with Gasteiger partial charge in [0.15, 0.2) is 5.76 Å². The number of Topliss-reactive ketones (excluding diaryl/α,β-unsaturated/α-hetero) is 1. The molecule has 0 fully saturated rings. The molecule has 62 valence electrons. The molecule has 1 rings (SSSR count). The highest BCUT2D eigenvalue weighted by atomic mass is 16.3. The maximum Gasteiger partial charge on any atom is 0.267 e. The third kappa shape index (κ3) is 1.69. The van der Waals surface area contributed by atoms with Crippen LogP contribution in [0.25, 0.3) is 0 Å². The molecule has 1 heterocycles. The molecule has 0 aliphatic heterocycles. The van der Waals surface area contributed by atoms with E-state index in [2.05, 4.69) is 0 Å². The van der Waals surface area contributed by atoms with Gasteiger partial charge in [-0.2, -0.15) is 0 Å². The molecule has 0 atom stereocenters. The first kappa shape index (κ1) is 8.46. The molecule has 0 radical (unpaired) electrons. The average molecular weight is 164 g/mol. The first-order chi connectivity index (χ1) is 5.75. The van der Waals surface area contributed by atoms with Gasteiger partial charge in [-0.3, -0.25) is 9.59 Å². The maximum atomic E-state index is 11.1. The van der Waals surface area contributed by atoms with E-state index in [0.717, 1.165) is 0 Å². The van der Waals surface area contributed by atoms with Crippen molar-refractivity contribution >= 4 is 11.6 Å². The molecule has 0 N–H and O–H groups in total. The van der Waals surface area contributed by atoms with Gasteiger partial charge in [0.2, 0.25) is 5.78 Å². The van der Waals surface area contributed by atoms with Crippen LogP contribution in [0.1, 0.15) is 17.5 Å². The second-order valence-electron chi connectivity index (χ2n) is 2.17. The molecule has 0 aliphatic carbocycles. The highest BCUT2D eigenvalue weighted by Crippen LogP contribution is 2.02. The molecule has 0 unspecified atom stereocenters. The van der Waals surface area contributed by atoms with E-state index in [1.807, 2.05) is 0 Å². The van der Waals surface area contributed by atoms with Crippen LogP contribution in [0.15, 0.2) is 35.0 Å². The highest BCUT2D eigenvalue weighted by Gasteiger charge is 2.14. The lowest BCUT2D eigenvalue weighted by molar-refractivity contribution is -0.111. The Labute approximate surface area is 69.7 Å². The van der Waals surface area contributed by atoms with Crippen LogP contribution in [0.3, 0.4) is 0 Å². The lowest BCUT2D eigenvalue weighted by Gasteiger charge is -1.88. The minimum atomic E-state index is -0.613. The second-order valence-corrected chi connectivity index (χ2v) is 2.17. The Balaban J connectivity index is 2.79. The Hall–Kier alpha value is -1.64. The summed E-state index contributed by atoms with van der Waals surface area (Å²) in [6.07, 6.45) is 4.09. The van der Waals surface area contributed by atoms with Crippen LogP contribution in [0, 0.1) is 0 Å². The number of ketones is 2. The standard InChI is InChI=1S/C9H8O3/c1-2-4-7(10)9(11)8-5-3-6-12-8/h2-6H,1H3/b4-2+. The van der Waals surface area contributed by atoms with E-state index in [9.17, 15) is 9.59 Å². The fourth-order valence-electron chi connectivity index (χ4n) is 0.756. The lowest BCUT2D eigenvalue weighted by Crippen LogP contribution is -2.09. The van der Waals surface area contributed by atoms with Crippen molar-refractivity contribution in [3.8, 4) is 0 Å².